The first-order chi connectivity index (χ1) is 11.0. The number of likely N-dealkylation sites (tertiary alicyclic amines) is 1. The van der Waals surface area contributed by atoms with Crippen LogP contribution in [0.25, 0.3) is 0 Å². The Bertz CT molecular complexity index is 468. The number of carbonyl (C=O) groups excluding carboxylic acids is 1. The molecule has 0 spiro atoms. The highest BCUT2D eigenvalue weighted by molar-refractivity contribution is 5.97. The summed E-state index contributed by atoms with van der Waals surface area (Å²) in [7, 11) is 3.94. The quantitative estimate of drug-likeness (QED) is 0.560. The maximum atomic E-state index is 12.6. The molecule has 2 heterocycles. The van der Waals surface area contributed by atoms with Gasteiger partial charge in [0.15, 0.2) is 0 Å². The molecule has 6 nitrogen and oxygen atoms in total. The van der Waals surface area contributed by atoms with Crippen LogP contribution in [0.4, 0.5) is 0 Å². The summed E-state index contributed by atoms with van der Waals surface area (Å²) in [5, 5.41) is 9.40. The van der Waals surface area contributed by atoms with Crippen molar-refractivity contribution in [3.05, 3.63) is 11.8 Å². The summed E-state index contributed by atoms with van der Waals surface area (Å²) in [5.41, 5.74) is 0.261. The Morgan fingerprint density at radius 3 is 2.35 bits per heavy atom. The van der Waals surface area contributed by atoms with Crippen LogP contribution in [0.15, 0.2) is 11.8 Å². The number of piperazine rings is 1. The second kappa shape index (κ2) is 8.32. The maximum absolute atomic E-state index is 12.6. The van der Waals surface area contributed by atoms with E-state index in [9.17, 15) is 10.1 Å². The van der Waals surface area contributed by atoms with E-state index in [4.69, 9.17) is 0 Å². The second-order valence-electron chi connectivity index (χ2n) is 6.58. The van der Waals surface area contributed by atoms with Gasteiger partial charge in [-0.25, -0.2) is 0 Å². The van der Waals surface area contributed by atoms with Crippen LogP contribution in [-0.4, -0.2) is 91.5 Å². The van der Waals surface area contributed by atoms with Gasteiger partial charge >= 0.3 is 0 Å². The molecule has 0 radical (unpaired) electrons. The largest absolute Gasteiger partial charge is 0.374 e. The molecule has 0 bridgehead atoms. The summed E-state index contributed by atoms with van der Waals surface area (Å²) in [4.78, 5) is 21.2. The maximum Gasteiger partial charge on any atom is 0.265 e. The van der Waals surface area contributed by atoms with Gasteiger partial charge < -0.3 is 19.6 Å². The Morgan fingerprint density at radius 1 is 1.22 bits per heavy atom. The van der Waals surface area contributed by atoms with E-state index in [1.54, 1.807) is 11.1 Å². The first kappa shape index (κ1) is 17.8. The Hall–Kier alpha value is -1.58. The Balaban J connectivity index is 1.95. The molecule has 128 valence electrons. The molecule has 1 amide bonds. The zero-order valence-corrected chi connectivity index (χ0v) is 14.7. The zero-order valence-electron chi connectivity index (χ0n) is 14.7. The number of amides is 1. The van der Waals surface area contributed by atoms with Crippen molar-refractivity contribution in [3.8, 4) is 6.07 Å². The highest BCUT2D eigenvalue weighted by Gasteiger charge is 2.26. The number of rotatable bonds is 4. The average molecular weight is 319 g/mol. The lowest BCUT2D eigenvalue weighted by molar-refractivity contribution is -0.128. The van der Waals surface area contributed by atoms with Crippen molar-refractivity contribution >= 4 is 5.91 Å². The molecule has 2 aliphatic rings. The van der Waals surface area contributed by atoms with Crippen molar-refractivity contribution in [2.75, 3.05) is 59.9 Å². The normalized spacial score (nSPS) is 22.0. The third-order valence-corrected chi connectivity index (χ3v) is 5.07. The molecule has 0 aliphatic carbocycles. The number of carbonyl (C=O) groups is 1. The van der Waals surface area contributed by atoms with Crippen molar-refractivity contribution in [3.63, 3.8) is 0 Å². The monoisotopic (exact) mass is 319 g/mol. The summed E-state index contributed by atoms with van der Waals surface area (Å²) >= 11 is 0. The molecule has 6 heteroatoms. The molecule has 0 unspecified atom stereocenters. The van der Waals surface area contributed by atoms with Crippen molar-refractivity contribution in [2.24, 2.45) is 0 Å². The molecule has 2 fully saturated rings. The van der Waals surface area contributed by atoms with Gasteiger partial charge in [-0.15, -0.1) is 0 Å². The van der Waals surface area contributed by atoms with Crippen LogP contribution in [0.3, 0.4) is 0 Å². The van der Waals surface area contributed by atoms with E-state index < -0.39 is 0 Å². The number of hydrogen-bond donors (Lipinski definition) is 0. The van der Waals surface area contributed by atoms with Crippen LogP contribution in [0.1, 0.15) is 19.8 Å². The SMILES string of the molecule is CCN1CCN(/C=C(/C#N)C(=O)N(C)C2CCN(C)CC2)CC1. The van der Waals surface area contributed by atoms with E-state index in [2.05, 4.69) is 34.7 Å². The molecular formula is C17H29N5O. The fraction of sp³-hybridized carbons (Fsp3) is 0.765. The minimum Gasteiger partial charge on any atom is -0.374 e. The molecular weight excluding hydrogens is 290 g/mol. The predicted octanol–water partition coefficient (Wildman–Crippen LogP) is 0.584. The van der Waals surface area contributed by atoms with Crippen molar-refractivity contribution in [1.82, 2.24) is 19.6 Å². The van der Waals surface area contributed by atoms with Crippen molar-refractivity contribution in [1.29, 1.82) is 5.26 Å². The molecule has 2 aliphatic heterocycles. The van der Waals surface area contributed by atoms with Gasteiger partial charge in [-0.2, -0.15) is 5.26 Å². The number of piperidine rings is 1. The van der Waals surface area contributed by atoms with Gasteiger partial charge in [-0.1, -0.05) is 6.92 Å². The van der Waals surface area contributed by atoms with Crippen LogP contribution >= 0.6 is 0 Å². The topological polar surface area (TPSA) is 53.8 Å². The van der Waals surface area contributed by atoms with Gasteiger partial charge in [0.2, 0.25) is 0 Å². The molecule has 0 aromatic rings. The fourth-order valence-electron chi connectivity index (χ4n) is 3.26. The summed E-state index contributed by atoms with van der Waals surface area (Å²) in [5.74, 6) is -0.139. The lowest BCUT2D eigenvalue weighted by Crippen LogP contribution is -2.46. The van der Waals surface area contributed by atoms with Gasteiger partial charge in [-0.3, -0.25) is 4.79 Å². The van der Waals surface area contributed by atoms with Gasteiger partial charge in [0.25, 0.3) is 5.91 Å². The van der Waals surface area contributed by atoms with Crippen LogP contribution in [0.2, 0.25) is 0 Å². The Morgan fingerprint density at radius 2 is 1.83 bits per heavy atom. The van der Waals surface area contributed by atoms with Crippen LogP contribution in [-0.2, 0) is 4.79 Å². The zero-order chi connectivity index (χ0) is 16.8. The van der Waals surface area contributed by atoms with E-state index in [0.717, 1.165) is 58.7 Å². The van der Waals surface area contributed by atoms with Gasteiger partial charge in [-0.05, 0) is 39.5 Å². The lowest BCUT2D eigenvalue weighted by atomic mass is 10.0. The minimum absolute atomic E-state index is 0.139. The first-order valence-corrected chi connectivity index (χ1v) is 8.59. The summed E-state index contributed by atoms with van der Waals surface area (Å²) in [6.07, 6.45) is 3.72. The molecule has 2 saturated heterocycles. The Kier molecular flexibility index (Phi) is 6.43. The van der Waals surface area contributed by atoms with Gasteiger partial charge in [0.1, 0.15) is 11.6 Å². The second-order valence-corrected chi connectivity index (χ2v) is 6.58. The molecule has 0 aromatic heterocycles. The standard InChI is InChI=1S/C17H29N5O/c1-4-21-9-11-22(12-10-21)14-15(13-18)17(23)20(3)16-5-7-19(2)8-6-16/h14,16H,4-12H2,1-3H3/b15-14-. The first-order valence-electron chi connectivity index (χ1n) is 8.59. The van der Waals surface area contributed by atoms with Crippen molar-refractivity contribution in [2.45, 2.75) is 25.8 Å². The molecule has 0 saturated carbocycles. The molecule has 23 heavy (non-hydrogen) atoms. The molecule has 0 N–H and O–H groups in total. The van der Waals surface area contributed by atoms with E-state index in [1.807, 2.05) is 7.05 Å². The summed E-state index contributed by atoms with van der Waals surface area (Å²) < 4.78 is 0. The van der Waals surface area contributed by atoms with Gasteiger partial charge in [0.05, 0.1) is 0 Å². The summed E-state index contributed by atoms with van der Waals surface area (Å²) in [6, 6.07) is 2.35. The number of nitriles is 1. The highest BCUT2D eigenvalue weighted by Crippen LogP contribution is 2.16. The van der Waals surface area contributed by atoms with E-state index >= 15 is 0 Å². The highest BCUT2D eigenvalue weighted by atomic mass is 16.2. The van der Waals surface area contributed by atoms with E-state index in [1.165, 1.54) is 0 Å². The van der Waals surface area contributed by atoms with Crippen LogP contribution < -0.4 is 0 Å². The number of likely N-dealkylation sites (N-methyl/N-ethyl adjacent to an activating group) is 2. The number of nitrogens with zero attached hydrogens (tertiary/aromatic N) is 5. The van der Waals surface area contributed by atoms with Crippen LogP contribution in [0, 0.1) is 11.3 Å². The lowest BCUT2D eigenvalue weighted by Gasteiger charge is -2.36. The van der Waals surface area contributed by atoms with Crippen molar-refractivity contribution < 1.29 is 4.79 Å². The van der Waals surface area contributed by atoms with E-state index in [0.29, 0.717) is 0 Å². The van der Waals surface area contributed by atoms with E-state index in [-0.39, 0.29) is 17.5 Å². The number of hydrogen-bond acceptors (Lipinski definition) is 5. The van der Waals surface area contributed by atoms with Crippen LogP contribution in [0.5, 0.6) is 0 Å². The summed E-state index contributed by atoms with van der Waals surface area (Å²) in [6.45, 7) is 8.97. The molecule has 0 atom stereocenters. The fourth-order valence-corrected chi connectivity index (χ4v) is 3.26. The predicted molar refractivity (Wildman–Crippen MR) is 90.7 cm³/mol. The Labute approximate surface area is 139 Å². The smallest absolute Gasteiger partial charge is 0.265 e. The third kappa shape index (κ3) is 4.69. The molecule has 2 rings (SSSR count). The minimum atomic E-state index is -0.139. The van der Waals surface area contributed by atoms with Gasteiger partial charge in [0, 0.05) is 45.5 Å². The average Bonchev–Trinajstić information content (AvgIpc) is 2.59. The molecule has 0 aromatic carbocycles. The third-order valence-electron chi connectivity index (χ3n) is 5.07.